The molecule has 0 aliphatic carbocycles. The Bertz CT molecular complexity index is 358. The Morgan fingerprint density at radius 1 is 1.67 bits per heavy atom. The van der Waals surface area contributed by atoms with Crippen molar-refractivity contribution in [3.05, 3.63) is 17.5 Å². The second-order valence-corrected chi connectivity index (χ2v) is 4.77. The van der Waals surface area contributed by atoms with Crippen molar-refractivity contribution in [3.8, 4) is 0 Å². The van der Waals surface area contributed by atoms with Crippen LogP contribution in [0, 0.1) is 6.92 Å². The first kappa shape index (κ1) is 12.0. The molecule has 15 heavy (non-hydrogen) atoms. The summed E-state index contributed by atoms with van der Waals surface area (Å²) in [6.45, 7) is 7.28. The van der Waals surface area contributed by atoms with E-state index in [4.69, 9.17) is 16.1 Å². The van der Waals surface area contributed by atoms with Crippen molar-refractivity contribution in [2.75, 3.05) is 0 Å². The predicted octanol–water partition coefficient (Wildman–Crippen LogP) is 2.12. The van der Waals surface area contributed by atoms with Crippen LogP contribution in [0.4, 0.5) is 0 Å². The number of aryl methyl sites for hydroxylation is 1. The van der Waals surface area contributed by atoms with Crippen LogP contribution in [-0.4, -0.2) is 22.0 Å². The first-order valence-electron chi connectivity index (χ1n) is 4.73. The summed E-state index contributed by atoms with van der Waals surface area (Å²) >= 11 is 5.95. The molecule has 1 aromatic rings. The van der Waals surface area contributed by atoms with E-state index in [1.165, 1.54) is 0 Å². The fraction of sp³-hybridized carbons (Fsp3) is 0.600. The van der Waals surface area contributed by atoms with Gasteiger partial charge in [-0.05, 0) is 27.7 Å². The highest BCUT2D eigenvalue weighted by Gasteiger charge is 2.27. The smallest absolute Gasteiger partial charge is 0.273 e. The fourth-order valence-electron chi connectivity index (χ4n) is 0.930. The number of rotatable bonds is 3. The minimum atomic E-state index is -0.481. The second-order valence-electron chi connectivity index (χ2n) is 4.11. The van der Waals surface area contributed by atoms with Gasteiger partial charge in [-0.3, -0.25) is 4.79 Å². The molecule has 0 radical (unpaired) electrons. The number of halogens is 1. The summed E-state index contributed by atoms with van der Waals surface area (Å²) in [6, 6.07) is 1.59. The minimum absolute atomic E-state index is 0.172. The van der Waals surface area contributed by atoms with Crippen LogP contribution < -0.4 is 5.32 Å². The molecule has 0 spiro atoms. The Balaban J connectivity index is 2.72. The fourth-order valence-corrected chi connectivity index (χ4v) is 0.984. The lowest BCUT2D eigenvalue weighted by Gasteiger charge is -2.28. The van der Waals surface area contributed by atoms with Gasteiger partial charge in [0.2, 0.25) is 0 Å². The highest BCUT2D eigenvalue weighted by atomic mass is 35.5. The number of aromatic nitrogens is 1. The second kappa shape index (κ2) is 4.23. The SMILES string of the molecule is Cc1cc(C(=O)NC(C)(C)C(C)Cl)no1. The summed E-state index contributed by atoms with van der Waals surface area (Å²) in [4.78, 5) is 11.7. The first-order chi connectivity index (χ1) is 6.83. The lowest BCUT2D eigenvalue weighted by molar-refractivity contribution is 0.0903. The van der Waals surface area contributed by atoms with Crippen LogP contribution in [0.5, 0.6) is 0 Å². The third-order valence-corrected chi connectivity index (χ3v) is 2.84. The van der Waals surface area contributed by atoms with E-state index in [1.807, 2.05) is 20.8 Å². The molecule has 0 saturated heterocycles. The number of alkyl halides is 1. The van der Waals surface area contributed by atoms with Gasteiger partial charge in [0.15, 0.2) is 5.69 Å². The van der Waals surface area contributed by atoms with Crippen LogP contribution in [0.1, 0.15) is 37.0 Å². The van der Waals surface area contributed by atoms with E-state index in [9.17, 15) is 4.79 Å². The lowest BCUT2D eigenvalue weighted by atomic mass is 10.0. The molecule has 1 atom stereocenters. The third-order valence-electron chi connectivity index (χ3n) is 2.29. The number of carbonyl (C=O) groups excluding carboxylic acids is 1. The Labute approximate surface area is 94.0 Å². The number of carbonyl (C=O) groups is 1. The molecule has 84 valence electrons. The van der Waals surface area contributed by atoms with Gasteiger partial charge in [-0.1, -0.05) is 5.16 Å². The van der Waals surface area contributed by atoms with Gasteiger partial charge in [0.25, 0.3) is 5.91 Å². The molecule has 0 saturated carbocycles. The standard InChI is InChI=1S/C10H15ClN2O2/c1-6-5-8(13-15-6)9(14)12-10(3,4)7(2)11/h5,7H,1-4H3,(H,12,14). The van der Waals surface area contributed by atoms with Crippen LogP contribution in [0.3, 0.4) is 0 Å². The molecular formula is C10H15ClN2O2. The summed E-state index contributed by atoms with van der Waals surface area (Å²) in [6.07, 6.45) is 0. The summed E-state index contributed by atoms with van der Waals surface area (Å²) in [5, 5.41) is 6.25. The first-order valence-corrected chi connectivity index (χ1v) is 5.16. The van der Waals surface area contributed by atoms with E-state index in [0.29, 0.717) is 5.76 Å². The molecule has 0 aromatic carbocycles. The monoisotopic (exact) mass is 230 g/mol. The van der Waals surface area contributed by atoms with Crippen LogP contribution in [0.2, 0.25) is 0 Å². The largest absolute Gasteiger partial charge is 0.361 e. The maximum Gasteiger partial charge on any atom is 0.273 e. The van der Waals surface area contributed by atoms with Gasteiger partial charge in [0, 0.05) is 6.07 Å². The van der Waals surface area contributed by atoms with Crippen LogP contribution in [0.15, 0.2) is 10.6 Å². The summed E-state index contributed by atoms with van der Waals surface area (Å²) in [7, 11) is 0. The van der Waals surface area contributed by atoms with Gasteiger partial charge in [-0.25, -0.2) is 0 Å². The van der Waals surface area contributed by atoms with Crippen molar-refractivity contribution >= 4 is 17.5 Å². The van der Waals surface area contributed by atoms with Crippen molar-refractivity contribution in [2.24, 2.45) is 0 Å². The van der Waals surface area contributed by atoms with E-state index >= 15 is 0 Å². The Morgan fingerprint density at radius 3 is 2.67 bits per heavy atom. The van der Waals surface area contributed by atoms with Crippen LogP contribution >= 0.6 is 11.6 Å². The Hall–Kier alpha value is -1.03. The van der Waals surface area contributed by atoms with E-state index in [1.54, 1.807) is 13.0 Å². The van der Waals surface area contributed by atoms with E-state index in [2.05, 4.69) is 10.5 Å². The zero-order valence-corrected chi connectivity index (χ0v) is 10.1. The van der Waals surface area contributed by atoms with Gasteiger partial charge < -0.3 is 9.84 Å². The van der Waals surface area contributed by atoms with Crippen LogP contribution in [0.25, 0.3) is 0 Å². The Morgan fingerprint density at radius 2 is 2.27 bits per heavy atom. The van der Waals surface area contributed by atoms with Crippen molar-refractivity contribution in [1.82, 2.24) is 10.5 Å². The molecular weight excluding hydrogens is 216 g/mol. The molecule has 5 heteroatoms. The summed E-state index contributed by atoms with van der Waals surface area (Å²) in [5.41, 5.74) is -0.205. The van der Waals surface area contributed by atoms with Crippen molar-refractivity contribution in [2.45, 2.75) is 38.6 Å². The molecule has 1 amide bonds. The highest BCUT2D eigenvalue weighted by Crippen LogP contribution is 2.15. The molecule has 4 nitrogen and oxygen atoms in total. The normalized spacial score (nSPS) is 13.7. The number of hydrogen-bond acceptors (Lipinski definition) is 3. The number of amides is 1. The van der Waals surface area contributed by atoms with Crippen molar-refractivity contribution in [3.63, 3.8) is 0 Å². The van der Waals surface area contributed by atoms with Gasteiger partial charge >= 0.3 is 0 Å². The van der Waals surface area contributed by atoms with Gasteiger partial charge in [-0.2, -0.15) is 0 Å². The topological polar surface area (TPSA) is 55.1 Å². The molecule has 0 aliphatic rings. The molecule has 1 unspecified atom stereocenters. The van der Waals surface area contributed by atoms with E-state index in [0.717, 1.165) is 0 Å². The number of nitrogens with one attached hydrogen (secondary N) is 1. The minimum Gasteiger partial charge on any atom is -0.361 e. The average Bonchev–Trinajstić information content (AvgIpc) is 2.50. The van der Waals surface area contributed by atoms with E-state index < -0.39 is 5.54 Å². The summed E-state index contributed by atoms with van der Waals surface area (Å²) < 4.78 is 4.82. The van der Waals surface area contributed by atoms with Crippen LogP contribution in [-0.2, 0) is 0 Å². The van der Waals surface area contributed by atoms with Gasteiger partial charge in [0.05, 0.1) is 10.9 Å². The maximum atomic E-state index is 11.7. The molecule has 0 bridgehead atoms. The maximum absolute atomic E-state index is 11.7. The van der Waals surface area contributed by atoms with Gasteiger partial charge in [-0.15, -0.1) is 11.6 Å². The molecule has 1 N–H and O–H groups in total. The lowest BCUT2D eigenvalue weighted by Crippen LogP contribution is -2.49. The predicted molar refractivity (Wildman–Crippen MR) is 58.1 cm³/mol. The zero-order valence-electron chi connectivity index (χ0n) is 9.30. The molecule has 0 fully saturated rings. The quantitative estimate of drug-likeness (QED) is 0.810. The zero-order chi connectivity index (χ0) is 11.6. The molecule has 0 aliphatic heterocycles. The number of nitrogens with zero attached hydrogens (tertiary/aromatic N) is 1. The van der Waals surface area contributed by atoms with Crippen molar-refractivity contribution < 1.29 is 9.32 Å². The molecule has 1 rings (SSSR count). The van der Waals surface area contributed by atoms with Crippen molar-refractivity contribution in [1.29, 1.82) is 0 Å². The van der Waals surface area contributed by atoms with E-state index in [-0.39, 0.29) is 17.0 Å². The molecule has 1 aromatic heterocycles. The van der Waals surface area contributed by atoms with Gasteiger partial charge in [0.1, 0.15) is 5.76 Å². The summed E-state index contributed by atoms with van der Waals surface area (Å²) in [5.74, 6) is 0.334. The number of hydrogen-bond donors (Lipinski definition) is 1. The Kier molecular flexibility index (Phi) is 3.39. The third kappa shape index (κ3) is 2.96. The highest BCUT2D eigenvalue weighted by molar-refractivity contribution is 6.21. The average molecular weight is 231 g/mol. The molecule has 1 heterocycles.